The first-order valence-corrected chi connectivity index (χ1v) is 7.09. The Morgan fingerprint density at radius 1 is 1.35 bits per heavy atom. The van der Waals surface area contributed by atoms with E-state index in [1.165, 1.54) is 24.3 Å². The van der Waals surface area contributed by atoms with E-state index in [0.29, 0.717) is 18.7 Å². The second kappa shape index (κ2) is 6.05. The van der Waals surface area contributed by atoms with E-state index < -0.39 is 5.51 Å². The number of likely N-dealkylation sites (tertiary alicyclic amines) is 1. The smallest absolute Gasteiger partial charge is 0.334 e. The van der Waals surface area contributed by atoms with Crippen LogP contribution in [0.15, 0.2) is 29.2 Å². The molecule has 110 valence electrons. The maximum atomic E-state index is 12.3. The van der Waals surface area contributed by atoms with Gasteiger partial charge in [0.05, 0.1) is 0 Å². The van der Waals surface area contributed by atoms with Crippen LogP contribution in [0.5, 0.6) is 0 Å². The molecule has 0 bridgehead atoms. The Morgan fingerprint density at radius 2 is 2.00 bits per heavy atom. The van der Waals surface area contributed by atoms with Gasteiger partial charge in [0.15, 0.2) is 0 Å². The van der Waals surface area contributed by atoms with Crippen LogP contribution in [0, 0.1) is 0 Å². The fraction of sp³-hybridized carbons (Fsp3) is 0.462. The minimum Gasteiger partial charge on any atom is -0.334 e. The Kier molecular flexibility index (Phi) is 4.59. The number of carbonyl (C=O) groups is 1. The standard InChI is InChI=1S/C13H15F3N2OS/c14-13(15,16)20-11-5-3-9(4-6-11)12(19)18-7-1-2-10(18)8-17/h3-6,10H,1-2,7-8,17H2. The van der Waals surface area contributed by atoms with Crippen molar-refractivity contribution < 1.29 is 18.0 Å². The summed E-state index contributed by atoms with van der Waals surface area (Å²) in [6.45, 7) is 1.06. The van der Waals surface area contributed by atoms with Crippen LogP contribution in [0.3, 0.4) is 0 Å². The number of amides is 1. The van der Waals surface area contributed by atoms with Crippen LogP contribution in [-0.4, -0.2) is 35.4 Å². The number of carbonyl (C=O) groups excluding carboxylic acids is 1. The quantitative estimate of drug-likeness (QED) is 0.874. The maximum absolute atomic E-state index is 12.3. The lowest BCUT2D eigenvalue weighted by atomic mass is 10.1. The van der Waals surface area contributed by atoms with Gasteiger partial charge < -0.3 is 10.6 Å². The van der Waals surface area contributed by atoms with Crippen molar-refractivity contribution in [2.24, 2.45) is 5.73 Å². The Morgan fingerprint density at radius 3 is 2.55 bits per heavy atom. The Bertz CT molecular complexity index is 475. The van der Waals surface area contributed by atoms with Crippen molar-refractivity contribution in [3.8, 4) is 0 Å². The van der Waals surface area contributed by atoms with Gasteiger partial charge in [0.1, 0.15) is 0 Å². The van der Waals surface area contributed by atoms with Crippen LogP contribution in [0.2, 0.25) is 0 Å². The van der Waals surface area contributed by atoms with Crippen molar-refractivity contribution in [1.82, 2.24) is 4.90 Å². The molecule has 3 nitrogen and oxygen atoms in total. The lowest BCUT2D eigenvalue weighted by Crippen LogP contribution is -2.39. The molecule has 1 saturated heterocycles. The van der Waals surface area contributed by atoms with Gasteiger partial charge in [-0.3, -0.25) is 4.79 Å². The third-order valence-corrected chi connectivity index (χ3v) is 3.98. The second-order valence-corrected chi connectivity index (χ2v) is 5.74. The monoisotopic (exact) mass is 304 g/mol. The molecule has 2 N–H and O–H groups in total. The van der Waals surface area contributed by atoms with Crippen LogP contribution in [0.1, 0.15) is 23.2 Å². The SMILES string of the molecule is NCC1CCCN1C(=O)c1ccc(SC(F)(F)F)cc1. The Hall–Kier alpha value is -1.21. The molecule has 1 amide bonds. The number of hydrogen-bond acceptors (Lipinski definition) is 3. The molecule has 2 rings (SSSR count). The first-order valence-electron chi connectivity index (χ1n) is 6.27. The Balaban J connectivity index is 2.08. The molecule has 1 aliphatic rings. The molecule has 1 heterocycles. The van der Waals surface area contributed by atoms with Gasteiger partial charge in [0.25, 0.3) is 5.91 Å². The van der Waals surface area contributed by atoms with Crippen molar-refractivity contribution in [2.75, 3.05) is 13.1 Å². The Labute approximate surface area is 119 Å². The predicted molar refractivity (Wildman–Crippen MR) is 71.5 cm³/mol. The van der Waals surface area contributed by atoms with Gasteiger partial charge in [-0.15, -0.1) is 0 Å². The summed E-state index contributed by atoms with van der Waals surface area (Å²) in [5, 5.41) is 0. The average molecular weight is 304 g/mol. The fourth-order valence-electron chi connectivity index (χ4n) is 2.31. The zero-order chi connectivity index (χ0) is 14.8. The lowest BCUT2D eigenvalue weighted by Gasteiger charge is -2.23. The third-order valence-electron chi connectivity index (χ3n) is 3.24. The van der Waals surface area contributed by atoms with Crippen molar-refractivity contribution in [1.29, 1.82) is 0 Å². The largest absolute Gasteiger partial charge is 0.446 e. The first-order chi connectivity index (χ1) is 9.40. The second-order valence-electron chi connectivity index (χ2n) is 4.60. The van der Waals surface area contributed by atoms with Gasteiger partial charge in [0.2, 0.25) is 0 Å². The van der Waals surface area contributed by atoms with E-state index in [-0.39, 0.29) is 28.6 Å². The molecule has 1 atom stereocenters. The van der Waals surface area contributed by atoms with Crippen molar-refractivity contribution in [3.63, 3.8) is 0 Å². The maximum Gasteiger partial charge on any atom is 0.446 e. The van der Waals surface area contributed by atoms with Crippen molar-refractivity contribution in [2.45, 2.75) is 29.3 Å². The van der Waals surface area contributed by atoms with E-state index in [1.807, 2.05) is 0 Å². The fourth-order valence-corrected chi connectivity index (χ4v) is 2.85. The van der Waals surface area contributed by atoms with Crippen LogP contribution in [0.25, 0.3) is 0 Å². The predicted octanol–water partition coefficient (Wildman–Crippen LogP) is 2.86. The average Bonchev–Trinajstić information content (AvgIpc) is 2.85. The zero-order valence-corrected chi connectivity index (χ0v) is 11.5. The summed E-state index contributed by atoms with van der Waals surface area (Å²) in [5.74, 6) is -0.165. The summed E-state index contributed by atoms with van der Waals surface area (Å²) < 4.78 is 36.7. The van der Waals surface area contributed by atoms with Crippen molar-refractivity contribution in [3.05, 3.63) is 29.8 Å². The number of nitrogens with zero attached hydrogens (tertiary/aromatic N) is 1. The summed E-state index contributed by atoms with van der Waals surface area (Å²) in [4.78, 5) is 14.0. The van der Waals surface area contributed by atoms with Crippen molar-refractivity contribution >= 4 is 17.7 Å². The van der Waals surface area contributed by atoms with Crippen LogP contribution in [0.4, 0.5) is 13.2 Å². The number of alkyl halides is 3. The minimum atomic E-state index is -4.31. The summed E-state index contributed by atoms with van der Waals surface area (Å²) in [6.07, 6.45) is 1.79. The molecule has 0 spiro atoms. The highest BCUT2D eigenvalue weighted by Crippen LogP contribution is 2.36. The van der Waals surface area contributed by atoms with Gasteiger partial charge in [-0.25, -0.2) is 0 Å². The minimum absolute atomic E-state index is 0.0340. The highest BCUT2D eigenvalue weighted by atomic mass is 32.2. The highest BCUT2D eigenvalue weighted by Gasteiger charge is 2.30. The van der Waals surface area contributed by atoms with Crippen LogP contribution in [-0.2, 0) is 0 Å². The summed E-state index contributed by atoms with van der Waals surface area (Å²) >= 11 is -0.186. The molecule has 20 heavy (non-hydrogen) atoms. The van der Waals surface area contributed by atoms with E-state index in [0.717, 1.165) is 12.8 Å². The topological polar surface area (TPSA) is 46.3 Å². The normalized spacial score (nSPS) is 19.4. The number of rotatable bonds is 3. The molecule has 1 aliphatic heterocycles. The van der Waals surface area contributed by atoms with Gasteiger partial charge >= 0.3 is 5.51 Å². The number of hydrogen-bond donors (Lipinski definition) is 1. The molecule has 0 aliphatic carbocycles. The first kappa shape index (κ1) is 15.2. The van der Waals surface area contributed by atoms with E-state index in [9.17, 15) is 18.0 Å². The number of thioether (sulfide) groups is 1. The van der Waals surface area contributed by atoms with Gasteiger partial charge in [-0.2, -0.15) is 13.2 Å². The summed E-state index contributed by atoms with van der Waals surface area (Å²) in [6, 6.07) is 5.54. The lowest BCUT2D eigenvalue weighted by molar-refractivity contribution is -0.0328. The molecule has 0 aromatic heterocycles. The number of benzene rings is 1. The number of halogens is 3. The highest BCUT2D eigenvalue weighted by molar-refractivity contribution is 8.00. The molecule has 1 aromatic carbocycles. The molecule has 1 aromatic rings. The molecule has 0 radical (unpaired) electrons. The number of nitrogens with two attached hydrogens (primary N) is 1. The molecular weight excluding hydrogens is 289 g/mol. The molecule has 7 heteroatoms. The van der Waals surface area contributed by atoms with E-state index >= 15 is 0 Å². The van der Waals surface area contributed by atoms with Gasteiger partial charge in [-0.1, -0.05) is 0 Å². The molecular formula is C13H15F3N2OS. The van der Waals surface area contributed by atoms with Crippen LogP contribution < -0.4 is 5.73 Å². The molecule has 1 fully saturated rings. The van der Waals surface area contributed by atoms with Gasteiger partial charge in [0, 0.05) is 29.6 Å². The molecule has 0 saturated carbocycles. The molecule has 1 unspecified atom stereocenters. The van der Waals surface area contributed by atoms with Gasteiger partial charge in [-0.05, 0) is 48.9 Å². The van der Waals surface area contributed by atoms with E-state index in [4.69, 9.17) is 5.73 Å². The summed E-state index contributed by atoms with van der Waals surface area (Å²) in [5.41, 5.74) is 1.70. The summed E-state index contributed by atoms with van der Waals surface area (Å²) in [7, 11) is 0. The van der Waals surface area contributed by atoms with E-state index in [1.54, 1.807) is 4.90 Å². The third kappa shape index (κ3) is 3.67. The van der Waals surface area contributed by atoms with Crippen LogP contribution >= 0.6 is 11.8 Å². The van der Waals surface area contributed by atoms with E-state index in [2.05, 4.69) is 0 Å². The zero-order valence-electron chi connectivity index (χ0n) is 10.7.